The van der Waals surface area contributed by atoms with Gasteiger partial charge in [0.05, 0.1) is 0 Å². The molecule has 1 aromatic carbocycles. The van der Waals surface area contributed by atoms with Gasteiger partial charge in [0.25, 0.3) is 0 Å². The highest BCUT2D eigenvalue weighted by molar-refractivity contribution is 6.30. The van der Waals surface area contributed by atoms with E-state index in [4.69, 9.17) is 11.6 Å². The Morgan fingerprint density at radius 3 is 2.83 bits per heavy atom. The van der Waals surface area contributed by atoms with Crippen LogP contribution >= 0.6 is 11.6 Å². The fourth-order valence-electron chi connectivity index (χ4n) is 3.52. The Kier molecular flexibility index (Phi) is 5.14. The van der Waals surface area contributed by atoms with E-state index in [1.54, 1.807) is 0 Å². The first-order valence-electron chi connectivity index (χ1n) is 8.83. The third-order valence-corrected chi connectivity index (χ3v) is 5.36. The second-order valence-electron chi connectivity index (χ2n) is 7.22. The van der Waals surface area contributed by atoms with Crippen LogP contribution in [0, 0.1) is 11.3 Å². The zero-order chi connectivity index (χ0) is 17.2. The van der Waals surface area contributed by atoms with Crippen LogP contribution in [0.5, 0.6) is 0 Å². The minimum absolute atomic E-state index is 0.0364. The monoisotopic (exact) mass is 348 g/mol. The quantitative estimate of drug-likeness (QED) is 0.831. The molecular weight excluding hydrogens is 324 g/mol. The normalized spacial score (nSPS) is 22.1. The van der Waals surface area contributed by atoms with E-state index >= 15 is 0 Å². The van der Waals surface area contributed by atoms with Crippen molar-refractivity contribution in [2.24, 2.45) is 11.3 Å². The van der Waals surface area contributed by atoms with Crippen LogP contribution in [0.25, 0.3) is 0 Å². The summed E-state index contributed by atoms with van der Waals surface area (Å²) in [5, 5.41) is 3.66. The van der Waals surface area contributed by atoms with Crippen LogP contribution in [0.15, 0.2) is 24.3 Å². The van der Waals surface area contributed by atoms with E-state index in [0.717, 1.165) is 31.5 Å². The summed E-state index contributed by atoms with van der Waals surface area (Å²) in [6.07, 6.45) is 4.29. The SMILES string of the molecule is CC1CCCN(C(=O)C2(C(=O)NCCc3cccc(Cl)c3)CC2)C1. The summed E-state index contributed by atoms with van der Waals surface area (Å²) in [6, 6.07) is 7.64. The number of nitrogens with zero attached hydrogens (tertiary/aromatic N) is 1. The number of rotatable bonds is 5. The van der Waals surface area contributed by atoms with Crippen LogP contribution in [0.1, 0.15) is 38.2 Å². The highest BCUT2D eigenvalue weighted by Crippen LogP contribution is 2.48. The van der Waals surface area contributed by atoms with Gasteiger partial charge in [-0.1, -0.05) is 30.7 Å². The summed E-state index contributed by atoms with van der Waals surface area (Å²) in [6.45, 7) is 4.28. The van der Waals surface area contributed by atoms with Gasteiger partial charge in [0.1, 0.15) is 5.41 Å². The summed E-state index contributed by atoms with van der Waals surface area (Å²) in [4.78, 5) is 27.3. The maximum absolute atomic E-state index is 12.8. The predicted molar refractivity (Wildman–Crippen MR) is 94.8 cm³/mol. The Balaban J connectivity index is 1.53. The van der Waals surface area contributed by atoms with E-state index in [9.17, 15) is 9.59 Å². The number of halogens is 1. The van der Waals surface area contributed by atoms with E-state index in [1.165, 1.54) is 6.42 Å². The molecule has 1 saturated heterocycles. The van der Waals surface area contributed by atoms with Gasteiger partial charge in [-0.15, -0.1) is 0 Å². The Hall–Kier alpha value is -1.55. The number of hydrogen-bond acceptors (Lipinski definition) is 2. The van der Waals surface area contributed by atoms with Gasteiger partial charge in [0, 0.05) is 24.7 Å². The van der Waals surface area contributed by atoms with E-state index in [0.29, 0.717) is 30.3 Å². The highest BCUT2D eigenvalue weighted by atomic mass is 35.5. The molecule has 0 aromatic heterocycles. The van der Waals surface area contributed by atoms with Crippen LogP contribution in [0.2, 0.25) is 5.02 Å². The molecule has 1 aromatic rings. The number of likely N-dealkylation sites (tertiary alicyclic amines) is 1. The first-order chi connectivity index (χ1) is 11.5. The molecule has 1 aliphatic carbocycles. The second kappa shape index (κ2) is 7.14. The molecular formula is C19H25ClN2O2. The summed E-state index contributed by atoms with van der Waals surface area (Å²) < 4.78 is 0. The van der Waals surface area contributed by atoms with E-state index in [1.807, 2.05) is 29.2 Å². The summed E-state index contributed by atoms with van der Waals surface area (Å²) >= 11 is 5.97. The molecule has 5 heteroatoms. The zero-order valence-corrected chi connectivity index (χ0v) is 14.9. The van der Waals surface area contributed by atoms with Crippen molar-refractivity contribution in [1.29, 1.82) is 0 Å². The number of carbonyl (C=O) groups is 2. The highest BCUT2D eigenvalue weighted by Gasteiger charge is 2.58. The van der Waals surface area contributed by atoms with E-state index in [-0.39, 0.29) is 11.8 Å². The van der Waals surface area contributed by atoms with Crippen molar-refractivity contribution < 1.29 is 9.59 Å². The summed E-state index contributed by atoms with van der Waals surface area (Å²) in [5.74, 6) is 0.464. The fourth-order valence-corrected chi connectivity index (χ4v) is 3.73. The maximum atomic E-state index is 12.8. The largest absolute Gasteiger partial charge is 0.355 e. The molecule has 0 radical (unpaired) electrons. The number of hydrogen-bond donors (Lipinski definition) is 1. The first-order valence-corrected chi connectivity index (χ1v) is 9.21. The van der Waals surface area contributed by atoms with Gasteiger partial charge in [0.15, 0.2) is 0 Å². The minimum atomic E-state index is -0.786. The second-order valence-corrected chi connectivity index (χ2v) is 7.65. The van der Waals surface area contributed by atoms with Crippen molar-refractivity contribution in [3.63, 3.8) is 0 Å². The third kappa shape index (κ3) is 3.75. The zero-order valence-electron chi connectivity index (χ0n) is 14.2. The number of piperidine rings is 1. The van der Waals surface area contributed by atoms with E-state index < -0.39 is 5.41 Å². The van der Waals surface area contributed by atoms with Crippen LogP contribution < -0.4 is 5.32 Å². The van der Waals surface area contributed by atoms with Gasteiger partial charge in [-0.25, -0.2) is 0 Å². The van der Waals surface area contributed by atoms with Crippen LogP contribution in [0.4, 0.5) is 0 Å². The molecule has 3 rings (SSSR count). The number of benzene rings is 1. The van der Waals surface area contributed by atoms with Crippen molar-refractivity contribution in [2.45, 2.75) is 39.0 Å². The molecule has 0 spiro atoms. The molecule has 2 aliphatic rings. The molecule has 0 bridgehead atoms. The van der Waals surface area contributed by atoms with Crippen LogP contribution in [-0.4, -0.2) is 36.3 Å². The Labute approximate surface area is 148 Å². The molecule has 1 aliphatic heterocycles. The Morgan fingerprint density at radius 2 is 2.17 bits per heavy atom. The number of carbonyl (C=O) groups excluding carboxylic acids is 2. The lowest BCUT2D eigenvalue weighted by molar-refractivity contribution is -0.145. The lowest BCUT2D eigenvalue weighted by Gasteiger charge is -2.33. The van der Waals surface area contributed by atoms with Gasteiger partial charge in [-0.2, -0.15) is 0 Å². The van der Waals surface area contributed by atoms with E-state index in [2.05, 4.69) is 12.2 Å². The molecule has 1 unspecified atom stereocenters. The minimum Gasteiger partial charge on any atom is -0.355 e. The lowest BCUT2D eigenvalue weighted by Crippen LogP contribution is -2.48. The van der Waals surface area contributed by atoms with Crippen LogP contribution in [-0.2, 0) is 16.0 Å². The fraction of sp³-hybridized carbons (Fsp3) is 0.579. The van der Waals surface area contributed by atoms with Crippen molar-refractivity contribution in [2.75, 3.05) is 19.6 Å². The van der Waals surface area contributed by atoms with Gasteiger partial charge in [-0.05, 0) is 55.7 Å². The standard InChI is InChI=1S/C19H25ClN2O2/c1-14-4-3-11-22(13-14)18(24)19(8-9-19)17(23)21-10-7-15-5-2-6-16(20)12-15/h2,5-6,12,14H,3-4,7-11,13H2,1H3,(H,21,23). The number of amides is 2. The van der Waals surface area contributed by atoms with Crippen molar-refractivity contribution in [3.05, 3.63) is 34.9 Å². The molecule has 1 heterocycles. The molecule has 130 valence electrons. The van der Waals surface area contributed by atoms with Crippen LogP contribution in [0.3, 0.4) is 0 Å². The smallest absolute Gasteiger partial charge is 0.238 e. The maximum Gasteiger partial charge on any atom is 0.238 e. The third-order valence-electron chi connectivity index (χ3n) is 5.13. The molecule has 4 nitrogen and oxygen atoms in total. The topological polar surface area (TPSA) is 49.4 Å². The Morgan fingerprint density at radius 1 is 1.38 bits per heavy atom. The van der Waals surface area contributed by atoms with Crippen molar-refractivity contribution >= 4 is 23.4 Å². The van der Waals surface area contributed by atoms with Crippen molar-refractivity contribution in [1.82, 2.24) is 10.2 Å². The summed E-state index contributed by atoms with van der Waals surface area (Å²) in [7, 11) is 0. The predicted octanol–water partition coefficient (Wildman–Crippen LogP) is 3.04. The lowest BCUT2D eigenvalue weighted by atomic mass is 9.96. The Bertz CT molecular complexity index is 628. The first kappa shape index (κ1) is 17.3. The molecule has 2 amide bonds. The number of nitrogens with one attached hydrogen (secondary N) is 1. The average molecular weight is 349 g/mol. The molecule has 2 fully saturated rings. The van der Waals surface area contributed by atoms with Crippen molar-refractivity contribution in [3.8, 4) is 0 Å². The average Bonchev–Trinajstić information content (AvgIpc) is 3.36. The molecule has 1 N–H and O–H groups in total. The molecule has 1 saturated carbocycles. The molecule has 1 atom stereocenters. The molecule has 24 heavy (non-hydrogen) atoms. The van der Waals surface area contributed by atoms with Gasteiger partial charge in [-0.3, -0.25) is 9.59 Å². The van der Waals surface area contributed by atoms with Gasteiger partial charge < -0.3 is 10.2 Å². The summed E-state index contributed by atoms with van der Waals surface area (Å²) in [5.41, 5.74) is 0.301. The van der Waals surface area contributed by atoms with Gasteiger partial charge >= 0.3 is 0 Å². The van der Waals surface area contributed by atoms with Gasteiger partial charge in [0.2, 0.25) is 11.8 Å².